The van der Waals surface area contributed by atoms with Crippen molar-refractivity contribution in [2.45, 2.75) is 39.7 Å². The van der Waals surface area contributed by atoms with Gasteiger partial charge in [-0.05, 0) is 37.3 Å². The number of halogens is 1. The Morgan fingerprint density at radius 3 is 2.44 bits per heavy atom. The van der Waals surface area contributed by atoms with E-state index in [1.54, 1.807) is 13.0 Å². The Kier molecular flexibility index (Phi) is 3.62. The van der Waals surface area contributed by atoms with Gasteiger partial charge in [-0.25, -0.2) is 4.39 Å². The molecule has 1 aromatic rings. The van der Waals surface area contributed by atoms with E-state index in [-0.39, 0.29) is 5.82 Å². The molecule has 2 nitrogen and oxygen atoms in total. The van der Waals surface area contributed by atoms with E-state index in [4.69, 9.17) is 0 Å². The second kappa shape index (κ2) is 4.88. The smallest absolute Gasteiger partial charge is 0.131 e. The number of piperidine rings is 1. The summed E-state index contributed by atoms with van der Waals surface area (Å²) in [5.74, 6) is -0.313. The molecule has 0 bridgehead atoms. The quantitative estimate of drug-likeness (QED) is 0.869. The van der Waals surface area contributed by atoms with Gasteiger partial charge in [-0.3, -0.25) is 0 Å². The highest BCUT2D eigenvalue weighted by atomic mass is 19.1. The number of nitrogens with zero attached hydrogens (tertiary/aromatic N) is 1. The third-order valence-corrected chi connectivity index (χ3v) is 3.91. The van der Waals surface area contributed by atoms with Crippen molar-refractivity contribution in [3.05, 3.63) is 29.6 Å². The molecule has 1 aliphatic heterocycles. The lowest BCUT2D eigenvalue weighted by Gasteiger charge is -2.39. The largest absolute Gasteiger partial charge is 0.389 e. The molecular formula is C15H22FNO. The molecule has 0 radical (unpaired) electrons. The number of rotatable bonds is 2. The summed E-state index contributed by atoms with van der Waals surface area (Å²) in [6, 6.07) is 5.04. The van der Waals surface area contributed by atoms with Crippen LogP contribution in [0.5, 0.6) is 0 Å². The van der Waals surface area contributed by atoms with Crippen molar-refractivity contribution in [3.8, 4) is 0 Å². The first-order chi connectivity index (χ1) is 8.41. The summed E-state index contributed by atoms with van der Waals surface area (Å²) >= 11 is 0. The zero-order valence-electron chi connectivity index (χ0n) is 11.4. The summed E-state index contributed by atoms with van der Waals surface area (Å²) < 4.78 is 13.8. The fraction of sp³-hybridized carbons (Fsp3) is 0.600. The monoisotopic (exact) mass is 251 g/mol. The Bertz CT molecular complexity index is 419. The van der Waals surface area contributed by atoms with Gasteiger partial charge in [0.15, 0.2) is 0 Å². The molecule has 0 spiro atoms. The number of hydrogen-bond donors (Lipinski definition) is 1. The van der Waals surface area contributed by atoms with Crippen LogP contribution in [-0.2, 0) is 0 Å². The van der Waals surface area contributed by atoms with Crippen LogP contribution in [0, 0.1) is 11.2 Å². The van der Waals surface area contributed by atoms with Gasteiger partial charge in [0.25, 0.3) is 0 Å². The van der Waals surface area contributed by atoms with Crippen molar-refractivity contribution in [1.82, 2.24) is 0 Å². The summed E-state index contributed by atoms with van der Waals surface area (Å²) in [6.07, 6.45) is 1.43. The topological polar surface area (TPSA) is 23.5 Å². The van der Waals surface area contributed by atoms with E-state index in [1.165, 1.54) is 6.07 Å². The molecule has 1 aliphatic rings. The minimum Gasteiger partial charge on any atom is -0.389 e. The van der Waals surface area contributed by atoms with Crippen LogP contribution in [-0.4, -0.2) is 18.2 Å². The Labute approximate surface area is 108 Å². The summed E-state index contributed by atoms with van der Waals surface area (Å²) in [4.78, 5) is 2.19. The molecule has 18 heavy (non-hydrogen) atoms. The van der Waals surface area contributed by atoms with Gasteiger partial charge in [-0.2, -0.15) is 0 Å². The summed E-state index contributed by atoms with van der Waals surface area (Å²) in [6.45, 7) is 8.01. The van der Waals surface area contributed by atoms with E-state index in [2.05, 4.69) is 18.7 Å². The van der Waals surface area contributed by atoms with Gasteiger partial charge in [0.1, 0.15) is 5.82 Å². The highest BCUT2D eigenvalue weighted by molar-refractivity contribution is 5.55. The molecule has 100 valence electrons. The highest BCUT2D eigenvalue weighted by Crippen LogP contribution is 2.35. The standard InChI is InChI=1S/C15H22FNO/c1-11(18)14-12(16)5-4-6-13(14)17-9-7-15(2,3)8-10-17/h4-6,11,18H,7-10H2,1-3H3. The van der Waals surface area contributed by atoms with Crippen LogP contribution in [0.3, 0.4) is 0 Å². The van der Waals surface area contributed by atoms with Crippen molar-refractivity contribution in [1.29, 1.82) is 0 Å². The maximum Gasteiger partial charge on any atom is 0.131 e. The molecule has 1 atom stereocenters. The fourth-order valence-electron chi connectivity index (χ4n) is 2.57. The molecule has 0 saturated carbocycles. The summed E-state index contributed by atoms with van der Waals surface area (Å²) in [7, 11) is 0. The van der Waals surface area contributed by atoms with E-state index in [9.17, 15) is 9.50 Å². The Morgan fingerprint density at radius 2 is 1.89 bits per heavy atom. The van der Waals surface area contributed by atoms with Crippen molar-refractivity contribution < 1.29 is 9.50 Å². The van der Waals surface area contributed by atoms with E-state index < -0.39 is 6.10 Å². The van der Waals surface area contributed by atoms with Crippen molar-refractivity contribution in [2.75, 3.05) is 18.0 Å². The Morgan fingerprint density at radius 1 is 1.28 bits per heavy atom. The van der Waals surface area contributed by atoms with E-state index in [1.807, 2.05) is 6.07 Å². The van der Waals surface area contributed by atoms with Gasteiger partial charge in [-0.15, -0.1) is 0 Å². The number of anilines is 1. The SMILES string of the molecule is CC(O)c1c(F)cccc1N1CCC(C)(C)CC1. The molecule has 1 unspecified atom stereocenters. The van der Waals surface area contributed by atoms with Crippen LogP contribution in [0.25, 0.3) is 0 Å². The van der Waals surface area contributed by atoms with Crippen LogP contribution in [0.15, 0.2) is 18.2 Å². The van der Waals surface area contributed by atoms with Crippen molar-refractivity contribution in [2.24, 2.45) is 5.41 Å². The first-order valence-electron chi connectivity index (χ1n) is 6.62. The van der Waals surface area contributed by atoms with Crippen LogP contribution in [0.1, 0.15) is 45.3 Å². The van der Waals surface area contributed by atoms with Gasteiger partial charge in [0, 0.05) is 24.3 Å². The minimum absolute atomic E-state index is 0.313. The molecule has 3 heteroatoms. The molecule has 0 aromatic heterocycles. The maximum absolute atomic E-state index is 13.8. The zero-order valence-corrected chi connectivity index (χ0v) is 11.4. The predicted octanol–water partition coefficient (Wildman–Crippen LogP) is 3.51. The van der Waals surface area contributed by atoms with E-state index >= 15 is 0 Å². The van der Waals surface area contributed by atoms with Crippen molar-refractivity contribution in [3.63, 3.8) is 0 Å². The molecule has 0 aliphatic carbocycles. The zero-order chi connectivity index (χ0) is 13.3. The Balaban J connectivity index is 2.27. The molecule has 1 fully saturated rings. The van der Waals surface area contributed by atoms with Crippen LogP contribution >= 0.6 is 0 Å². The van der Waals surface area contributed by atoms with Crippen LogP contribution in [0.2, 0.25) is 0 Å². The lowest BCUT2D eigenvalue weighted by Crippen LogP contribution is -2.38. The highest BCUT2D eigenvalue weighted by Gasteiger charge is 2.27. The third-order valence-electron chi connectivity index (χ3n) is 3.91. The number of hydrogen-bond acceptors (Lipinski definition) is 2. The van der Waals surface area contributed by atoms with E-state index in [0.29, 0.717) is 11.0 Å². The summed E-state index contributed by atoms with van der Waals surface area (Å²) in [5.41, 5.74) is 1.65. The van der Waals surface area contributed by atoms with Gasteiger partial charge >= 0.3 is 0 Å². The second-order valence-electron chi connectivity index (χ2n) is 6.00. The maximum atomic E-state index is 13.8. The predicted molar refractivity (Wildman–Crippen MR) is 72.3 cm³/mol. The first kappa shape index (κ1) is 13.3. The molecule has 1 heterocycles. The lowest BCUT2D eigenvalue weighted by atomic mass is 9.82. The average Bonchev–Trinajstić information content (AvgIpc) is 2.28. The van der Waals surface area contributed by atoms with Gasteiger partial charge < -0.3 is 10.0 Å². The Hall–Kier alpha value is -1.09. The fourth-order valence-corrected chi connectivity index (χ4v) is 2.57. The van der Waals surface area contributed by atoms with Gasteiger partial charge in [0.05, 0.1) is 6.10 Å². The van der Waals surface area contributed by atoms with E-state index in [0.717, 1.165) is 31.6 Å². The molecular weight excluding hydrogens is 229 g/mol. The third kappa shape index (κ3) is 2.66. The average molecular weight is 251 g/mol. The van der Waals surface area contributed by atoms with Gasteiger partial charge in [0.2, 0.25) is 0 Å². The molecule has 0 amide bonds. The second-order valence-corrected chi connectivity index (χ2v) is 6.00. The molecule has 1 N–H and O–H groups in total. The normalized spacial score (nSPS) is 20.8. The lowest BCUT2D eigenvalue weighted by molar-refractivity contribution is 0.194. The van der Waals surface area contributed by atoms with Crippen molar-refractivity contribution >= 4 is 5.69 Å². The van der Waals surface area contributed by atoms with Crippen LogP contribution < -0.4 is 4.90 Å². The molecule has 2 rings (SSSR count). The van der Waals surface area contributed by atoms with Gasteiger partial charge in [-0.1, -0.05) is 19.9 Å². The van der Waals surface area contributed by atoms with Crippen LogP contribution in [0.4, 0.5) is 10.1 Å². The first-order valence-corrected chi connectivity index (χ1v) is 6.62. The molecule has 1 aromatic carbocycles. The number of aliphatic hydroxyl groups is 1. The minimum atomic E-state index is -0.767. The number of aliphatic hydroxyl groups excluding tert-OH is 1. The summed E-state index contributed by atoms with van der Waals surface area (Å²) in [5, 5.41) is 9.75. The number of benzene rings is 1. The molecule has 1 saturated heterocycles.